The number of rotatable bonds is 3. The summed E-state index contributed by atoms with van der Waals surface area (Å²) in [5.41, 5.74) is 5.35. The van der Waals surface area contributed by atoms with E-state index in [0.717, 1.165) is 6.07 Å². The number of benzene rings is 2. The van der Waals surface area contributed by atoms with Crippen LogP contribution in [0, 0.1) is 23.3 Å². The zero-order valence-electron chi connectivity index (χ0n) is 10.5. The van der Waals surface area contributed by atoms with Crippen molar-refractivity contribution in [2.45, 2.75) is 6.04 Å². The van der Waals surface area contributed by atoms with E-state index < -0.39 is 34.9 Å². The molecule has 0 aliphatic rings. The maximum Gasteiger partial charge on any atom is 0.165 e. The summed E-state index contributed by atoms with van der Waals surface area (Å²) in [6.45, 7) is 0. The van der Waals surface area contributed by atoms with Gasteiger partial charge in [0.05, 0.1) is 13.2 Å². The number of methoxy groups -OCH3 is 1. The standard InChI is InChI=1S/C14H11F4NO/c1-20-12-3-2-7(4-9(12)16)14(19)13-10(17)5-8(15)6-11(13)18/h2-6,14H,19H2,1H3. The van der Waals surface area contributed by atoms with E-state index in [1.807, 2.05) is 0 Å². The Bertz CT molecular complexity index is 622. The topological polar surface area (TPSA) is 35.2 Å². The van der Waals surface area contributed by atoms with Gasteiger partial charge in [0.15, 0.2) is 11.6 Å². The van der Waals surface area contributed by atoms with Crippen molar-refractivity contribution in [1.82, 2.24) is 0 Å². The molecule has 0 amide bonds. The van der Waals surface area contributed by atoms with Gasteiger partial charge in [0, 0.05) is 17.7 Å². The van der Waals surface area contributed by atoms with Crippen molar-refractivity contribution < 1.29 is 22.3 Å². The van der Waals surface area contributed by atoms with Crippen LogP contribution in [0.3, 0.4) is 0 Å². The third-order valence-corrected chi connectivity index (χ3v) is 2.89. The summed E-state index contributed by atoms with van der Waals surface area (Å²) in [6, 6.07) is 3.50. The van der Waals surface area contributed by atoms with Crippen LogP contribution in [0.5, 0.6) is 5.75 Å². The Hall–Kier alpha value is -2.08. The summed E-state index contributed by atoms with van der Waals surface area (Å²) in [5, 5.41) is 0. The average Bonchev–Trinajstić information content (AvgIpc) is 2.37. The molecule has 2 nitrogen and oxygen atoms in total. The van der Waals surface area contributed by atoms with Crippen LogP contribution in [0.4, 0.5) is 17.6 Å². The number of ether oxygens (including phenoxy) is 1. The molecule has 0 saturated carbocycles. The van der Waals surface area contributed by atoms with E-state index in [0.29, 0.717) is 12.1 Å². The van der Waals surface area contributed by atoms with E-state index in [-0.39, 0.29) is 11.3 Å². The number of hydrogen-bond acceptors (Lipinski definition) is 2. The van der Waals surface area contributed by atoms with Crippen molar-refractivity contribution >= 4 is 0 Å². The first-order valence-corrected chi connectivity index (χ1v) is 5.67. The molecule has 0 fully saturated rings. The summed E-state index contributed by atoms with van der Waals surface area (Å²) in [4.78, 5) is 0. The van der Waals surface area contributed by atoms with Crippen LogP contribution in [0.2, 0.25) is 0 Å². The van der Waals surface area contributed by atoms with Gasteiger partial charge in [0.1, 0.15) is 17.5 Å². The SMILES string of the molecule is COc1ccc(C(N)c2c(F)cc(F)cc2F)cc1F. The quantitative estimate of drug-likeness (QED) is 0.878. The molecule has 2 aromatic carbocycles. The lowest BCUT2D eigenvalue weighted by Gasteiger charge is -2.15. The van der Waals surface area contributed by atoms with E-state index in [4.69, 9.17) is 10.5 Å². The van der Waals surface area contributed by atoms with Crippen molar-refractivity contribution in [3.8, 4) is 5.75 Å². The monoisotopic (exact) mass is 285 g/mol. The highest BCUT2D eigenvalue weighted by atomic mass is 19.1. The first-order valence-electron chi connectivity index (χ1n) is 5.67. The summed E-state index contributed by atoms with van der Waals surface area (Å²) < 4.78 is 58.4. The lowest BCUT2D eigenvalue weighted by molar-refractivity contribution is 0.386. The molecule has 2 rings (SSSR count). The molecule has 0 spiro atoms. The maximum atomic E-state index is 13.6. The first-order chi connectivity index (χ1) is 9.43. The van der Waals surface area contributed by atoms with Crippen LogP contribution in [-0.4, -0.2) is 7.11 Å². The van der Waals surface area contributed by atoms with Gasteiger partial charge < -0.3 is 10.5 Å². The normalized spacial score (nSPS) is 12.3. The molecule has 1 unspecified atom stereocenters. The molecule has 1 atom stereocenters. The molecular weight excluding hydrogens is 274 g/mol. The van der Waals surface area contributed by atoms with E-state index in [9.17, 15) is 17.6 Å². The second kappa shape index (κ2) is 5.50. The van der Waals surface area contributed by atoms with E-state index in [2.05, 4.69) is 0 Å². The maximum absolute atomic E-state index is 13.6. The largest absolute Gasteiger partial charge is 0.494 e. The first kappa shape index (κ1) is 14.3. The van der Waals surface area contributed by atoms with Gasteiger partial charge in [-0.2, -0.15) is 0 Å². The third-order valence-electron chi connectivity index (χ3n) is 2.89. The number of hydrogen-bond donors (Lipinski definition) is 1. The van der Waals surface area contributed by atoms with Crippen LogP contribution >= 0.6 is 0 Å². The molecule has 6 heteroatoms. The van der Waals surface area contributed by atoms with Gasteiger partial charge in [-0.15, -0.1) is 0 Å². The minimum atomic E-state index is -1.25. The van der Waals surface area contributed by atoms with Crippen molar-refractivity contribution in [3.63, 3.8) is 0 Å². The van der Waals surface area contributed by atoms with Gasteiger partial charge in [-0.1, -0.05) is 6.07 Å². The molecule has 0 aliphatic heterocycles. The van der Waals surface area contributed by atoms with Crippen LogP contribution in [0.25, 0.3) is 0 Å². The number of halogens is 4. The van der Waals surface area contributed by atoms with Gasteiger partial charge >= 0.3 is 0 Å². The van der Waals surface area contributed by atoms with Crippen molar-refractivity contribution in [3.05, 3.63) is 64.7 Å². The summed E-state index contributed by atoms with van der Waals surface area (Å²) in [7, 11) is 1.29. The minimum Gasteiger partial charge on any atom is -0.494 e. The molecule has 0 aromatic heterocycles. The smallest absolute Gasteiger partial charge is 0.165 e. The van der Waals surface area contributed by atoms with Crippen LogP contribution in [0.15, 0.2) is 30.3 Å². The fourth-order valence-corrected chi connectivity index (χ4v) is 1.89. The Labute approximate surface area is 112 Å². The van der Waals surface area contributed by atoms with Gasteiger partial charge in [-0.05, 0) is 17.7 Å². The van der Waals surface area contributed by atoms with Crippen molar-refractivity contribution in [1.29, 1.82) is 0 Å². The highest BCUT2D eigenvalue weighted by molar-refractivity contribution is 5.37. The van der Waals surface area contributed by atoms with Crippen LogP contribution < -0.4 is 10.5 Å². The summed E-state index contributed by atoms with van der Waals surface area (Å²) in [6.07, 6.45) is 0. The molecular formula is C14H11F4NO. The predicted molar refractivity (Wildman–Crippen MR) is 65.3 cm³/mol. The highest BCUT2D eigenvalue weighted by Gasteiger charge is 2.20. The summed E-state index contributed by atoms with van der Waals surface area (Å²) in [5.74, 6) is -4.00. The van der Waals surface area contributed by atoms with Crippen LogP contribution in [0.1, 0.15) is 17.2 Å². The van der Waals surface area contributed by atoms with E-state index >= 15 is 0 Å². The molecule has 0 radical (unpaired) electrons. The Balaban J connectivity index is 2.46. The Morgan fingerprint density at radius 2 is 1.55 bits per heavy atom. The van der Waals surface area contributed by atoms with Crippen LogP contribution in [-0.2, 0) is 0 Å². The molecule has 20 heavy (non-hydrogen) atoms. The molecule has 0 saturated heterocycles. The molecule has 0 bridgehead atoms. The lowest BCUT2D eigenvalue weighted by Crippen LogP contribution is -2.16. The fourth-order valence-electron chi connectivity index (χ4n) is 1.89. The second-order valence-electron chi connectivity index (χ2n) is 4.15. The average molecular weight is 285 g/mol. The zero-order valence-corrected chi connectivity index (χ0v) is 10.5. The molecule has 0 heterocycles. The molecule has 2 aromatic rings. The number of nitrogens with two attached hydrogens (primary N) is 1. The summed E-state index contributed by atoms with van der Waals surface area (Å²) >= 11 is 0. The Kier molecular flexibility index (Phi) is 3.94. The molecule has 2 N–H and O–H groups in total. The van der Waals surface area contributed by atoms with Gasteiger partial charge in [0.2, 0.25) is 0 Å². The van der Waals surface area contributed by atoms with E-state index in [1.165, 1.54) is 19.2 Å². The Morgan fingerprint density at radius 3 is 2.05 bits per heavy atom. The van der Waals surface area contributed by atoms with Gasteiger partial charge in [0.25, 0.3) is 0 Å². The predicted octanol–water partition coefficient (Wildman–Crippen LogP) is 3.30. The van der Waals surface area contributed by atoms with Gasteiger partial charge in [-0.3, -0.25) is 0 Å². The second-order valence-corrected chi connectivity index (χ2v) is 4.15. The molecule has 106 valence electrons. The lowest BCUT2D eigenvalue weighted by atomic mass is 9.98. The van der Waals surface area contributed by atoms with Gasteiger partial charge in [-0.25, -0.2) is 17.6 Å². The van der Waals surface area contributed by atoms with Crippen molar-refractivity contribution in [2.24, 2.45) is 5.73 Å². The van der Waals surface area contributed by atoms with Crippen molar-refractivity contribution in [2.75, 3.05) is 7.11 Å². The van der Waals surface area contributed by atoms with E-state index in [1.54, 1.807) is 0 Å². The minimum absolute atomic E-state index is 0.0130. The Morgan fingerprint density at radius 1 is 0.950 bits per heavy atom. The fraction of sp³-hybridized carbons (Fsp3) is 0.143. The molecule has 0 aliphatic carbocycles. The zero-order chi connectivity index (χ0) is 14.9. The highest BCUT2D eigenvalue weighted by Crippen LogP contribution is 2.28. The third kappa shape index (κ3) is 2.60.